The number of aliphatic imine (C=N–C) groups is 1. The van der Waals surface area contributed by atoms with Crippen molar-refractivity contribution in [3.8, 4) is 0 Å². The van der Waals surface area contributed by atoms with Crippen molar-refractivity contribution in [3.05, 3.63) is 107 Å². The number of nitrogens with zero attached hydrogens (tertiary/aromatic N) is 4. The van der Waals surface area contributed by atoms with Gasteiger partial charge in [0, 0.05) is 10.6 Å². The molecule has 164 valence electrons. The Bertz CT molecular complexity index is 1270. The van der Waals surface area contributed by atoms with Gasteiger partial charge >= 0.3 is 5.97 Å². The molecule has 3 aromatic carbocycles. The molecule has 0 bridgehead atoms. The SMILES string of the molecule is CCOC(=O)C1=NN(c2cccc(Cl)c2)C2=NC(c3ccccc3)=C[C@H](c3ccccc3)N12. The first-order chi connectivity index (χ1) is 16.2. The van der Waals surface area contributed by atoms with E-state index in [1.807, 2.05) is 83.8 Å². The third kappa shape index (κ3) is 4.01. The zero-order chi connectivity index (χ0) is 22.8. The first kappa shape index (κ1) is 21.0. The molecule has 33 heavy (non-hydrogen) atoms. The average Bonchev–Trinajstić information content (AvgIpc) is 3.25. The van der Waals surface area contributed by atoms with E-state index in [1.165, 1.54) is 0 Å². The molecule has 2 heterocycles. The molecule has 2 aliphatic rings. The number of ether oxygens (including phenoxy) is 1. The molecule has 0 radical (unpaired) electrons. The molecule has 3 aromatic rings. The molecule has 5 rings (SSSR count). The van der Waals surface area contributed by atoms with Gasteiger partial charge < -0.3 is 4.74 Å². The van der Waals surface area contributed by atoms with Gasteiger partial charge in [-0.1, -0.05) is 78.3 Å². The highest BCUT2D eigenvalue weighted by atomic mass is 35.5. The Hall–Kier alpha value is -3.90. The van der Waals surface area contributed by atoms with E-state index in [4.69, 9.17) is 21.3 Å². The number of fused-ring (bicyclic) bond motifs is 1. The van der Waals surface area contributed by atoms with Gasteiger partial charge in [-0.05, 0) is 36.8 Å². The number of anilines is 1. The van der Waals surface area contributed by atoms with E-state index in [2.05, 4.69) is 5.10 Å². The van der Waals surface area contributed by atoms with Crippen LogP contribution < -0.4 is 5.01 Å². The quantitative estimate of drug-likeness (QED) is 0.476. The van der Waals surface area contributed by atoms with Crippen LogP contribution >= 0.6 is 11.6 Å². The minimum absolute atomic E-state index is 0.174. The Morgan fingerprint density at radius 3 is 2.42 bits per heavy atom. The molecule has 0 saturated carbocycles. The molecule has 1 atom stereocenters. The minimum atomic E-state index is -0.507. The highest BCUT2D eigenvalue weighted by molar-refractivity contribution is 6.41. The van der Waals surface area contributed by atoms with E-state index in [9.17, 15) is 4.79 Å². The van der Waals surface area contributed by atoms with E-state index >= 15 is 0 Å². The van der Waals surface area contributed by atoms with Crippen LogP contribution in [0.15, 0.2) is 101 Å². The standard InChI is InChI=1S/C26H21ClN4O2/c1-2-33-25(32)24-29-31(21-15-9-14-20(27)16-21)26-28-22(18-10-5-3-6-11-18)17-23(30(24)26)19-12-7-4-8-13-19/h3-17,23H,2H2,1H3/t23-/m1/s1. The maximum absolute atomic E-state index is 12.9. The molecule has 0 aromatic heterocycles. The summed E-state index contributed by atoms with van der Waals surface area (Å²) in [6, 6.07) is 26.9. The highest BCUT2D eigenvalue weighted by Crippen LogP contribution is 2.38. The Morgan fingerprint density at radius 1 is 1.00 bits per heavy atom. The molecule has 0 unspecified atom stereocenters. The number of rotatable bonds is 5. The lowest BCUT2D eigenvalue weighted by atomic mass is 10.0. The van der Waals surface area contributed by atoms with Crippen molar-refractivity contribution in [2.24, 2.45) is 10.1 Å². The summed E-state index contributed by atoms with van der Waals surface area (Å²) in [5.74, 6) is 0.176. The van der Waals surface area contributed by atoms with Crippen molar-refractivity contribution in [1.29, 1.82) is 0 Å². The number of hydrogen-bond acceptors (Lipinski definition) is 6. The Morgan fingerprint density at radius 2 is 1.73 bits per heavy atom. The summed E-state index contributed by atoms with van der Waals surface area (Å²) in [6.45, 7) is 2.02. The molecular formula is C26H21ClN4O2. The topological polar surface area (TPSA) is 57.5 Å². The van der Waals surface area contributed by atoms with Gasteiger partial charge in [-0.2, -0.15) is 5.01 Å². The van der Waals surface area contributed by atoms with Crippen LogP contribution in [0.1, 0.15) is 24.1 Å². The monoisotopic (exact) mass is 456 g/mol. The first-order valence-corrected chi connectivity index (χ1v) is 11.0. The smallest absolute Gasteiger partial charge is 0.376 e. The maximum atomic E-state index is 12.9. The van der Waals surface area contributed by atoms with Crippen molar-refractivity contribution in [2.45, 2.75) is 13.0 Å². The Labute approximate surface area is 197 Å². The van der Waals surface area contributed by atoms with Gasteiger partial charge in [0.25, 0.3) is 0 Å². The fourth-order valence-corrected chi connectivity index (χ4v) is 4.08. The van der Waals surface area contributed by atoms with Crippen LogP contribution in [0.4, 0.5) is 5.69 Å². The second-order valence-electron chi connectivity index (χ2n) is 7.49. The van der Waals surface area contributed by atoms with Gasteiger partial charge in [-0.3, -0.25) is 4.90 Å². The molecule has 2 aliphatic heterocycles. The molecule has 0 spiro atoms. The molecule has 0 aliphatic carbocycles. The second kappa shape index (κ2) is 8.92. The summed E-state index contributed by atoms with van der Waals surface area (Å²) in [6.07, 6.45) is 2.05. The van der Waals surface area contributed by atoms with Crippen molar-refractivity contribution in [1.82, 2.24) is 4.90 Å². The number of benzene rings is 3. The predicted octanol–water partition coefficient (Wildman–Crippen LogP) is 5.49. The summed E-state index contributed by atoms with van der Waals surface area (Å²) in [7, 11) is 0. The van der Waals surface area contributed by atoms with Gasteiger partial charge in [-0.25, -0.2) is 9.79 Å². The van der Waals surface area contributed by atoms with E-state index in [-0.39, 0.29) is 18.5 Å². The van der Waals surface area contributed by atoms with E-state index in [1.54, 1.807) is 24.1 Å². The minimum Gasteiger partial charge on any atom is -0.460 e. The van der Waals surface area contributed by atoms with Crippen molar-refractivity contribution in [3.63, 3.8) is 0 Å². The molecule has 0 amide bonds. The summed E-state index contributed by atoms with van der Waals surface area (Å²) in [5, 5.41) is 6.85. The predicted molar refractivity (Wildman–Crippen MR) is 131 cm³/mol. The molecule has 0 fully saturated rings. The number of halogens is 1. The lowest BCUT2D eigenvalue weighted by molar-refractivity contribution is -0.135. The van der Waals surface area contributed by atoms with Gasteiger partial charge in [0.1, 0.15) is 0 Å². The van der Waals surface area contributed by atoms with Gasteiger partial charge in [0.15, 0.2) is 0 Å². The molecule has 0 saturated heterocycles. The van der Waals surface area contributed by atoms with Gasteiger partial charge in [0.2, 0.25) is 11.8 Å². The molecule has 7 heteroatoms. The van der Waals surface area contributed by atoms with Crippen molar-refractivity contribution in [2.75, 3.05) is 11.6 Å². The normalized spacial score (nSPS) is 17.2. The zero-order valence-electron chi connectivity index (χ0n) is 17.9. The summed E-state index contributed by atoms with van der Waals surface area (Å²) < 4.78 is 5.34. The fourth-order valence-electron chi connectivity index (χ4n) is 3.89. The van der Waals surface area contributed by atoms with Crippen LogP contribution in [0.3, 0.4) is 0 Å². The van der Waals surface area contributed by atoms with Gasteiger partial charge in [0.05, 0.1) is 24.0 Å². The van der Waals surface area contributed by atoms with Crippen LogP contribution in [0.25, 0.3) is 5.70 Å². The summed E-state index contributed by atoms with van der Waals surface area (Å²) >= 11 is 6.26. The Kier molecular flexibility index (Phi) is 5.67. The van der Waals surface area contributed by atoms with Gasteiger partial charge in [-0.15, -0.1) is 5.10 Å². The number of esters is 1. The number of carbonyl (C=O) groups is 1. The number of hydrogen-bond donors (Lipinski definition) is 0. The second-order valence-corrected chi connectivity index (χ2v) is 7.93. The number of amidine groups is 1. The lowest BCUT2D eigenvalue weighted by Gasteiger charge is -2.32. The number of carbonyl (C=O) groups excluding carboxylic acids is 1. The first-order valence-electron chi connectivity index (χ1n) is 10.7. The van der Waals surface area contributed by atoms with Crippen LogP contribution in [0.2, 0.25) is 5.02 Å². The third-order valence-electron chi connectivity index (χ3n) is 5.36. The van der Waals surface area contributed by atoms with Crippen molar-refractivity contribution >= 4 is 40.7 Å². The van der Waals surface area contributed by atoms with Crippen molar-refractivity contribution < 1.29 is 9.53 Å². The fraction of sp³-hybridized carbons (Fsp3) is 0.115. The number of hydrazone groups is 1. The number of guanidine groups is 1. The molecule has 0 N–H and O–H groups in total. The third-order valence-corrected chi connectivity index (χ3v) is 5.60. The highest BCUT2D eigenvalue weighted by Gasteiger charge is 2.43. The summed E-state index contributed by atoms with van der Waals surface area (Å²) in [4.78, 5) is 19.7. The van der Waals surface area contributed by atoms with Crippen LogP contribution in [-0.2, 0) is 9.53 Å². The van der Waals surface area contributed by atoms with E-state index in [0.717, 1.165) is 16.8 Å². The largest absolute Gasteiger partial charge is 0.460 e. The summed E-state index contributed by atoms with van der Waals surface area (Å²) in [5.41, 5.74) is 3.47. The van der Waals surface area contributed by atoms with E-state index in [0.29, 0.717) is 16.7 Å². The van der Waals surface area contributed by atoms with Crippen LogP contribution in [0, 0.1) is 0 Å². The molecule has 6 nitrogen and oxygen atoms in total. The Balaban J connectivity index is 1.69. The zero-order valence-corrected chi connectivity index (χ0v) is 18.7. The van der Waals surface area contributed by atoms with E-state index < -0.39 is 5.97 Å². The lowest BCUT2D eigenvalue weighted by Crippen LogP contribution is -2.44. The maximum Gasteiger partial charge on any atom is 0.376 e. The molecular weight excluding hydrogens is 436 g/mol. The average molecular weight is 457 g/mol. The van der Waals surface area contributed by atoms with Crippen LogP contribution in [-0.4, -0.2) is 29.3 Å². The van der Waals surface area contributed by atoms with Crippen LogP contribution in [0.5, 0.6) is 0 Å².